The number of nitrogens with zero attached hydrogens (tertiary/aromatic N) is 1. The highest BCUT2D eigenvalue weighted by molar-refractivity contribution is 5.90. The van der Waals surface area contributed by atoms with E-state index in [1.165, 1.54) is 12.8 Å². The van der Waals surface area contributed by atoms with E-state index < -0.39 is 17.1 Å². The van der Waals surface area contributed by atoms with Crippen LogP contribution in [0.1, 0.15) is 43.2 Å². The summed E-state index contributed by atoms with van der Waals surface area (Å²) in [6, 6.07) is 3.77. The molecule has 5 aliphatic rings. The normalized spacial score (nSPS) is 45.2. The highest BCUT2D eigenvalue weighted by atomic mass is 16.5. The first-order chi connectivity index (χ1) is 12.4. The number of hydrogen-bond acceptors (Lipinski definition) is 4. The zero-order valence-electron chi connectivity index (χ0n) is 15.2. The second-order valence-corrected chi connectivity index (χ2v) is 9.61. The lowest BCUT2D eigenvalue weighted by Gasteiger charge is -2.64. The van der Waals surface area contributed by atoms with E-state index in [1.807, 2.05) is 6.07 Å². The van der Waals surface area contributed by atoms with E-state index >= 15 is 0 Å². The van der Waals surface area contributed by atoms with Gasteiger partial charge in [-0.1, -0.05) is 6.07 Å². The molecular formula is C21H26NO4+. The molecule has 1 aromatic rings. The van der Waals surface area contributed by atoms with Crippen LogP contribution in [0.2, 0.25) is 0 Å². The number of rotatable bonds is 2. The number of likely N-dealkylation sites (tertiary alicyclic amines) is 1. The molecule has 138 valence electrons. The minimum Gasteiger partial charge on any atom is -0.504 e. The van der Waals surface area contributed by atoms with E-state index in [2.05, 4.69) is 7.05 Å². The smallest absolute Gasteiger partial charge is 0.174 e. The molecule has 5 heteroatoms. The number of aliphatic hydroxyl groups is 1. The minimum absolute atomic E-state index is 0.0789. The topological polar surface area (TPSA) is 66.8 Å². The second kappa shape index (κ2) is 4.45. The summed E-state index contributed by atoms with van der Waals surface area (Å²) < 4.78 is 6.98. The Balaban J connectivity index is 1.60. The molecule has 5 atom stereocenters. The van der Waals surface area contributed by atoms with E-state index in [9.17, 15) is 15.0 Å². The van der Waals surface area contributed by atoms with E-state index in [0.29, 0.717) is 18.6 Å². The Morgan fingerprint density at radius 1 is 1.31 bits per heavy atom. The Morgan fingerprint density at radius 3 is 2.88 bits per heavy atom. The first kappa shape index (κ1) is 15.5. The third-order valence-corrected chi connectivity index (χ3v) is 8.28. The van der Waals surface area contributed by atoms with E-state index in [4.69, 9.17) is 4.74 Å². The summed E-state index contributed by atoms with van der Waals surface area (Å²) in [5.74, 6) is 1.42. The van der Waals surface area contributed by atoms with Gasteiger partial charge >= 0.3 is 0 Å². The fraction of sp³-hybridized carbons (Fsp3) is 0.667. The summed E-state index contributed by atoms with van der Waals surface area (Å²) in [4.78, 5) is 12.8. The fourth-order valence-electron chi connectivity index (χ4n) is 6.94. The predicted octanol–water partition coefficient (Wildman–Crippen LogP) is 1.67. The number of phenolic OH excluding ortho intramolecular Hbond substituents is 1. The van der Waals surface area contributed by atoms with Crippen LogP contribution in [0.3, 0.4) is 0 Å². The number of aromatic hydroxyl groups is 1. The number of quaternary nitrogens is 1. The van der Waals surface area contributed by atoms with Crippen molar-refractivity contribution in [2.45, 2.75) is 61.7 Å². The predicted molar refractivity (Wildman–Crippen MR) is 94.1 cm³/mol. The monoisotopic (exact) mass is 356 g/mol. The molecule has 3 aliphatic carbocycles. The van der Waals surface area contributed by atoms with Crippen molar-refractivity contribution in [3.05, 3.63) is 23.3 Å². The van der Waals surface area contributed by atoms with E-state index in [0.717, 1.165) is 47.5 Å². The molecule has 3 fully saturated rings. The van der Waals surface area contributed by atoms with Gasteiger partial charge in [0.2, 0.25) is 0 Å². The summed E-state index contributed by atoms with van der Waals surface area (Å²) in [5.41, 5.74) is 0.492. The first-order valence-corrected chi connectivity index (χ1v) is 10.0. The maximum Gasteiger partial charge on any atom is 0.174 e. The largest absolute Gasteiger partial charge is 0.504 e. The molecule has 1 saturated heterocycles. The Bertz CT molecular complexity index is 849. The summed E-state index contributed by atoms with van der Waals surface area (Å²) >= 11 is 0. The summed E-state index contributed by atoms with van der Waals surface area (Å²) in [7, 11) is 2.31. The highest BCUT2D eigenvalue weighted by Crippen LogP contribution is 2.65. The molecular weight excluding hydrogens is 330 g/mol. The van der Waals surface area contributed by atoms with Crippen molar-refractivity contribution in [1.82, 2.24) is 0 Å². The zero-order chi connectivity index (χ0) is 17.9. The number of piperidine rings is 1. The SMILES string of the molecule is C[N@@+]1(CC2CC2)CC[C@]23c4c5ccc(O)c4OC2C(=O)CC[C@@]3(O)C1C5. The average molecular weight is 356 g/mol. The molecule has 0 aromatic heterocycles. The van der Waals surface area contributed by atoms with Crippen LogP contribution in [0.5, 0.6) is 11.5 Å². The third kappa shape index (κ3) is 1.55. The number of ether oxygens (including phenoxy) is 1. The average Bonchev–Trinajstić information content (AvgIpc) is 3.32. The number of phenols is 1. The van der Waals surface area contributed by atoms with Gasteiger partial charge in [-0.15, -0.1) is 0 Å². The Morgan fingerprint density at radius 2 is 2.12 bits per heavy atom. The highest BCUT2D eigenvalue weighted by Gasteiger charge is 2.76. The summed E-state index contributed by atoms with van der Waals surface area (Å²) in [5, 5.41) is 22.5. The fourth-order valence-corrected chi connectivity index (χ4v) is 6.94. The van der Waals surface area contributed by atoms with Gasteiger partial charge in [0, 0.05) is 30.7 Å². The number of benzene rings is 1. The third-order valence-electron chi connectivity index (χ3n) is 8.28. The molecule has 6 rings (SSSR count). The van der Waals surface area contributed by atoms with Crippen LogP contribution >= 0.6 is 0 Å². The number of carbonyl (C=O) groups is 1. The lowest BCUT2D eigenvalue weighted by molar-refractivity contribution is -0.950. The zero-order valence-corrected chi connectivity index (χ0v) is 15.2. The van der Waals surface area contributed by atoms with Crippen LogP contribution in [0, 0.1) is 5.92 Å². The second-order valence-electron chi connectivity index (χ2n) is 9.61. The van der Waals surface area contributed by atoms with Crippen LogP contribution in [-0.4, -0.2) is 58.4 Å². The lowest BCUT2D eigenvalue weighted by Crippen LogP contribution is -2.80. The molecule has 2 heterocycles. The Kier molecular flexibility index (Phi) is 2.65. The molecule has 5 nitrogen and oxygen atoms in total. The van der Waals surface area contributed by atoms with Crippen LogP contribution in [-0.2, 0) is 16.6 Å². The van der Waals surface area contributed by atoms with Gasteiger partial charge in [0.15, 0.2) is 23.4 Å². The van der Waals surface area contributed by atoms with Gasteiger partial charge < -0.3 is 19.4 Å². The number of ketones is 1. The standard InChI is InChI=1S/C21H25NO4/c1-22(11-12-2-3-12)9-8-20-17-13-4-5-14(23)18(17)26-19(20)15(24)6-7-21(20,25)16(22)10-13/h4-5,12,16,19,25H,2-3,6-11H2,1H3/p+1/t16?,19?,20-,21+,22-/m0/s1. The van der Waals surface area contributed by atoms with Crippen molar-refractivity contribution < 1.29 is 24.2 Å². The Hall–Kier alpha value is -1.59. The molecule has 1 aromatic carbocycles. The van der Waals surface area contributed by atoms with Gasteiger partial charge in [-0.05, 0) is 30.9 Å². The summed E-state index contributed by atoms with van der Waals surface area (Å²) in [6.07, 6.45) is 4.42. The molecule has 0 radical (unpaired) electrons. The van der Waals surface area contributed by atoms with Crippen molar-refractivity contribution in [3.63, 3.8) is 0 Å². The van der Waals surface area contributed by atoms with Crippen LogP contribution in [0.15, 0.2) is 12.1 Å². The van der Waals surface area contributed by atoms with Crippen molar-refractivity contribution in [1.29, 1.82) is 0 Å². The molecule has 2 unspecified atom stereocenters. The van der Waals surface area contributed by atoms with E-state index in [1.54, 1.807) is 6.07 Å². The first-order valence-electron chi connectivity index (χ1n) is 10.0. The molecule has 2 bridgehead atoms. The lowest BCUT2D eigenvalue weighted by atomic mass is 9.48. The molecule has 2 saturated carbocycles. The van der Waals surface area contributed by atoms with Gasteiger partial charge in [0.25, 0.3) is 0 Å². The van der Waals surface area contributed by atoms with Crippen molar-refractivity contribution in [3.8, 4) is 11.5 Å². The van der Waals surface area contributed by atoms with Crippen LogP contribution < -0.4 is 4.74 Å². The maximum absolute atomic E-state index is 12.8. The van der Waals surface area contributed by atoms with E-state index in [-0.39, 0.29) is 17.6 Å². The molecule has 2 N–H and O–H groups in total. The molecule has 1 spiro atoms. The summed E-state index contributed by atoms with van der Waals surface area (Å²) in [6.45, 7) is 2.09. The Labute approximate surface area is 153 Å². The van der Waals surface area contributed by atoms with Gasteiger partial charge in [-0.25, -0.2) is 0 Å². The van der Waals surface area contributed by atoms with Crippen LogP contribution in [0.4, 0.5) is 0 Å². The van der Waals surface area contributed by atoms with Gasteiger partial charge in [0.1, 0.15) is 11.6 Å². The quantitative estimate of drug-likeness (QED) is 0.791. The van der Waals surface area contributed by atoms with Crippen molar-refractivity contribution in [2.24, 2.45) is 5.92 Å². The minimum atomic E-state index is -0.931. The number of hydrogen-bond donors (Lipinski definition) is 2. The van der Waals surface area contributed by atoms with Crippen molar-refractivity contribution in [2.75, 3.05) is 20.1 Å². The van der Waals surface area contributed by atoms with Gasteiger partial charge in [-0.2, -0.15) is 0 Å². The number of Topliss-reactive ketones (excluding diaryl/α,β-unsaturated/α-hetero) is 1. The molecule has 0 amide bonds. The van der Waals surface area contributed by atoms with Crippen LogP contribution in [0.25, 0.3) is 0 Å². The molecule has 26 heavy (non-hydrogen) atoms. The molecule has 2 aliphatic heterocycles. The van der Waals surface area contributed by atoms with Gasteiger partial charge in [0.05, 0.1) is 25.6 Å². The maximum atomic E-state index is 12.8. The van der Waals surface area contributed by atoms with Gasteiger partial charge in [-0.3, -0.25) is 4.79 Å². The number of carbonyl (C=O) groups excluding carboxylic acids is 1. The van der Waals surface area contributed by atoms with Crippen molar-refractivity contribution >= 4 is 5.78 Å². The number of likely N-dealkylation sites (N-methyl/N-ethyl adjacent to an activating group) is 1.